The van der Waals surface area contributed by atoms with E-state index in [0.29, 0.717) is 12.8 Å². The number of rotatable bonds is 34. The van der Waals surface area contributed by atoms with Gasteiger partial charge in [0.05, 0.1) is 6.61 Å². The minimum atomic E-state index is -5.35. The van der Waals surface area contributed by atoms with Crippen molar-refractivity contribution in [3.8, 4) is 0 Å². The zero-order valence-electron chi connectivity index (χ0n) is 32.6. The van der Waals surface area contributed by atoms with Crippen molar-refractivity contribution in [3.63, 3.8) is 0 Å². The first-order valence-electron chi connectivity index (χ1n) is 20.2. The molecule has 1 aliphatic carbocycles. The lowest BCUT2D eigenvalue weighted by molar-refractivity contribution is -0.216. The van der Waals surface area contributed by atoms with E-state index in [1.807, 2.05) is 0 Å². The molecular weight excluding hydrogens is 782 g/mol. The fraction of sp³-hybridized carbons (Fsp3) is 0.944. The fourth-order valence-electron chi connectivity index (χ4n) is 6.30. The third kappa shape index (κ3) is 25.4. The quantitative estimate of drug-likeness (QED) is 0.0165. The summed E-state index contributed by atoms with van der Waals surface area (Å²) in [5.41, 5.74) is 0. The van der Waals surface area contributed by atoms with Crippen molar-refractivity contribution >= 4 is 40.2 Å². The van der Waals surface area contributed by atoms with Crippen LogP contribution < -0.4 is 0 Å². The molecule has 0 bridgehead atoms. The maximum Gasteiger partial charge on any atom is 0.472 e. The van der Waals surface area contributed by atoms with Gasteiger partial charge in [-0.05, 0) is 25.0 Å². The van der Waals surface area contributed by atoms with E-state index in [1.54, 1.807) is 0 Å². The normalized spacial score (nSPS) is 23.3. The van der Waals surface area contributed by atoms with E-state index < -0.39 is 83.5 Å². The Balaban J connectivity index is 2.66. The van der Waals surface area contributed by atoms with Crippen LogP contribution in [0.1, 0.15) is 155 Å². The molecule has 4 unspecified atom stereocenters. The molecule has 0 amide bonds. The standard InChI is InChI=1S/C36H70O16P2S/c1-2-3-4-5-6-7-8-9-10-11-15-18-21-24-30(38)50-28(26-48-29(37)23-20-17-14-12-13-16-19-22-25-55)27-49-54(46,47)52-36-33(41)31(39)32(40)35(34(36)42)51-53(43,44)45/h28,31-36,39-42,55H,2-27H2,1H3,(H,46,47)(H2,43,44,45)/t28-,31-,32?,33-,34?,35+,36?/m1/s1. The number of carbonyl (C=O) groups excluding carboxylic acids is 2. The summed E-state index contributed by atoms with van der Waals surface area (Å²) in [7, 11) is -10.6. The van der Waals surface area contributed by atoms with Gasteiger partial charge in [-0.1, -0.05) is 122 Å². The van der Waals surface area contributed by atoms with Gasteiger partial charge in [-0.2, -0.15) is 12.6 Å². The van der Waals surface area contributed by atoms with Gasteiger partial charge in [0.25, 0.3) is 0 Å². The monoisotopic (exact) mass is 852 g/mol. The summed E-state index contributed by atoms with van der Waals surface area (Å²) in [6.45, 7) is 0.873. The summed E-state index contributed by atoms with van der Waals surface area (Å²) in [4.78, 5) is 53.9. The molecule has 8 atom stereocenters. The van der Waals surface area contributed by atoms with Crippen molar-refractivity contribution < 1.29 is 76.9 Å². The van der Waals surface area contributed by atoms with Gasteiger partial charge in [0.1, 0.15) is 43.2 Å². The molecule has 0 radical (unpaired) electrons. The molecule has 1 fully saturated rings. The van der Waals surface area contributed by atoms with Gasteiger partial charge in [0.2, 0.25) is 0 Å². The Kier molecular flexibility index (Phi) is 28.9. The molecule has 1 aliphatic rings. The predicted molar refractivity (Wildman–Crippen MR) is 208 cm³/mol. The van der Waals surface area contributed by atoms with Crippen molar-refractivity contribution in [1.82, 2.24) is 0 Å². The highest BCUT2D eigenvalue weighted by molar-refractivity contribution is 7.80. The summed E-state index contributed by atoms with van der Waals surface area (Å²) in [5, 5.41) is 41.0. The van der Waals surface area contributed by atoms with Crippen LogP contribution in [-0.4, -0.2) is 109 Å². The smallest absolute Gasteiger partial charge is 0.462 e. The fourth-order valence-corrected chi connectivity index (χ4v) is 8.06. The lowest BCUT2D eigenvalue weighted by Gasteiger charge is -2.43. The van der Waals surface area contributed by atoms with Crippen LogP contribution in [-0.2, 0) is 41.8 Å². The molecule has 0 aromatic carbocycles. The Morgan fingerprint density at radius 3 is 1.44 bits per heavy atom. The number of aliphatic hydroxyl groups is 4. The molecule has 1 rings (SSSR count). The van der Waals surface area contributed by atoms with E-state index in [1.165, 1.54) is 51.4 Å². The number of phosphoric ester groups is 2. The van der Waals surface area contributed by atoms with E-state index in [4.69, 9.17) is 28.3 Å². The summed E-state index contributed by atoms with van der Waals surface area (Å²) in [5.74, 6) is -0.331. The number of hydrogen-bond acceptors (Lipinski definition) is 14. The number of unbranched alkanes of at least 4 members (excludes halogenated alkanes) is 19. The number of aliphatic hydroxyl groups excluding tert-OH is 4. The maximum absolute atomic E-state index is 12.9. The number of carbonyl (C=O) groups is 2. The van der Waals surface area contributed by atoms with Gasteiger partial charge in [0.15, 0.2) is 6.10 Å². The average Bonchev–Trinajstić information content (AvgIpc) is 3.13. The second kappa shape index (κ2) is 30.4. The number of phosphoric acid groups is 2. The molecule has 0 spiro atoms. The molecular formula is C36H70O16P2S. The second-order valence-electron chi connectivity index (χ2n) is 14.4. The van der Waals surface area contributed by atoms with Crippen molar-refractivity contribution in [2.45, 2.75) is 197 Å². The summed E-state index contributed by atoms with van der Waals surface area (Å²) in [6, 6.07) is 0. The lowest BCUT2D eigenvalue weighted by atomic mass is 9.85. The molecule has 19 heteroatoms. The van der Waals surface area contributed by atoms with Crippen LogP contribution >= 0.6 is 28.3 Å². The third-order valence-electron chi connectivity index (χ3n) is 9.49. The van der Waals surface area contributed by atoms with Crippen LogP contribution in [0.25, 0.3) is 0 Å². The van der Waals surface area contributed by atoms with Crippen molar-refractivity contribution in [2.24, 2.45) is 0 Å². The third-order valence-corrected chi connectivity index (χ3v) is 11.3. The second-order valence-corrected chi connectivity index (χ2v) is 17.5. The molecule has 16 nitrogen and oxygen atoms in total. The number of thiol groups is 1. The number of hydrogen-bond donors (Lipinski definition) is 8. The summed E-state index contributed by atoms with van der Waals surface area (Å²) >= 11 is 4.21. The highest BCUT2D eigenvalue weighted by atomic mass is 32.1. The van der Waals surface area contributed by atoms with Crippen molar-refractivity contribution in [2.75, 3.05) is 19.0 Å². The molecule has 55 heavy (non-hydrogen) atoms. The average molecular weight is 853 g/mol. The van der Waals surface area contributed by atoms with Crippen LogP contribution in [0.2, 0.25) is 0 Å². The van der Waals surface area contributed by atoms with Gasteiger partial charge in [0, 0.05) is 12.8 Å². The zero-order chi connectivity index (χ0) is 41.1. The Hall–Kier alpha value is -0.650. The van der Waals surface area contributed by atoms with Gasteiger partial charge in [-0.15, -0.1) is 0 Å². The van der Waals surface area contributed by atoms with Crippen LogP contribution in [0.4, 0.5) is 0 Å². The molecule has 1 saturated carbocycles. The Bertz CT molecular complexity index is 1110. The molecule has 0 aromatic heterocycles. The maximum atomic E-state index is 12.9. The van der Waals surface area contributed by atoms with Crippen LogP contribution in [0.5, 0.6) is 0 Å². The minimum Gasteiger partial charge on any atom is -0.462 e. The molecule has 0 aliphatic heterocycles. The first-order valence-corrected chi connectivity index (χ1v) is 23.9. The van der Waals surface area contributed by atoms with Crippen LogP contribution in [0, 0.1) is 0 Å². The van der Waals surface area contributed by atoms with E-state index in [9.17, 15) is 44.0 Å². The first kappa shape index (κ1) is 52.4. The lowest BCUT2D eigenvalue weighted by Crippen LogP contribution is -2.64. The highest BCUT2D eigenvalue weighted by Crippen LogP contribution is 2.49. The first-order chi connectivity index (χ1) is 26.1. The van der Waals surface area contributed by atoms with Gasteiger partial charge in [-0.25, -0.2) is 9.13 Å². The van der Waals surface area contributed by atoms with Crippen LogP contribution in [0.15, 0.2) is 0 Å². The van der Waals surface area contributed by atoms with Gasteiger partial charge >= 0.3 is 27.6 Å². The van der Waals surface area contributed by atoms with Gasteiger partial charge < -0.3 is 44.6 Å². The molecule has 326 valence electrons. The molecule has 0 saturated heterocycles. The molecule has 0 aromatic rings. The summed E-state index contributed by atoms with van der Waals surface area (Å²) < 4.78 is 49.1. The molecule has 0 heterocycles. The molecule has 7 N–H and O–H groups in total. The minimum absolute atomic E-state index is 0.0474. The number of esters is 2. The van der Waals surface area contributed by atoms with E-state index in [2.05, 4.69) is 24.1 Å². The van der Waals surface area contributed by atoms with Crippen molar-refractivity contribution in [1.29, 1.82) is 0 Å². The zero-order valence-corrected chi connectivity index (χ0v) is 35.3. The van der Waals surface area contributed by atoms with Gasteiger partial charge in [-0.3, -0.25) is 23.2 Å². The Morgan fingerprint density at radius 1 is 0.564 bits per heavy atom. The SMILES string of the molecule is CCCCCCCCCCCCCCCC(=O)O[C@H](COC(=O)CCCCCCCCCCS)COP(=O)(O)OC1C(O)[C@@H](OP(=O)(O)O)C(O)[C@@H](O)[C@H]1O. The topological polar surface area (TPSA) is 256 Å². The highest BCUT2D eigenvalue weighted by Gasteiger charge is 2.54. The van der Waals surface area contributed by atoms with Crippen LogP contribution in [0.3, 0.4) is 0 Å². The predicted octanol–water partition coefficient (Wildman–Crippen LogP) is 5.80. The van der Waals surface area contributed by atoms with Crippen molar-refractivity contribution in [3.05, 3.63) is 0 Å². The van der Waals surface area contributed by atoms with E-state index >= 15 is 0 Å². The largest absolute Gasteiger partial charge is 0.472 e. The van der Waals surface area contributed by atoms with E-state index in [0.717, 1.165) is 76.4 Å². The summed E-state index contributed by atoms with van der Waals surface area (Å²) in [6.07, 6.45) is 7.97. The van der Waals surface area contributed by atoms with E-state index in [-0.39, 0.29) is 12.8 Å². The number of ether oxygens (including phenoxy) is 2. The Morgan fingerprint density at radius 2 is 0.982 bits per heavy atom. The Labute approximate surface area is 332 Å².